The first-order valence-electron chi connectivity index (χ1n) is 4.94. The predicted molar refractivity (Wildman–Crippen MR) is 59.6 cm³/mol. The molecule has 1 unspecified atom stereocenters. The molecule has 3 heteroatoms. The molecule has 0 spiro atoms. The number of para-hydroxylation sites is 1. The van der Waals surface area contributed by atoms with E-state index >= 15 is 0 Å². The summed E-state index contributed by atoms with van der Waals surface area (Å²) in [5.41, 5.74) is 6.96. The van der Waals surface area contributed by atoms with Crippen molar-refractivity contribution in [3.63, 3.8) is 0 Å². The van der Waals surface area contributed by atoms with Crippen LogP contribution in [0.25, 0.3) is 11.0 Å². The summed E-state index contributed by atoms with van der Waals surface area (Å²) in [7, 11) is 0. The third-order valence-corrected chi connectivity index (χ3v) is 2.69. The summed E-state index contributed by atoms with van der Waals surface area (Å²) in [5, 5.41) is 10.3. The number of aliphatic hydroxyl groups is 1. The molecule has 0 saturated carbocycles. The first-order chi connectivity index (χ1) is 7.06. The summed E-state index contributed by atoms with van der Waals surface area (Å²) in [4.78, 5) is 0. The van der Waals surface area contributed by atoms with E-state index < -0.39 is 5.54 Å². The molecule has 1 heterocycles. The number of aliphatic hydroxyl groups excluding tert-OH is 1. The predicted octanol–water partition coefficient (Wildman–Crippen LogP) is 1.91. The second kappa shape index (κ2) is 3.36. The fraction of sp³-hybridized carbons (Fsp3) is 0.333. The summed E-state index contributed by atoms with van der Waals surface area (Å²) in [6.45, 7) is 3.59. The molecule has 0 fully saturated rings. The minimum Gasteiger partial charge on any atom is -0.459 e. The molecule has 0 aliphatic carbocycles. The zero-order chi connectivity index (χ0) is 11.1. The van der Waals surface area contributed by atoms with Crippen LogP contribution >= 0.6 is 0 Å². The van der Waals surface area contributed by atoms with Crippen LogP contribution in [0.4, 0.5) is 0 Å². The summed E-state index contributed by atoms with van der Waals surface area (Å²) in [6, 6.07) is 7.77. The Morgan fingerprint density at radius 1 is 1.40 bits per heavy atom. The normalized spacial score (nSPS) is 15.5. The Kier molecular flexibility index (Phi) is 2.29. The van der Waals surface area contributed by atoms with Gasteiger partial charge in [-0.05, 0) is 19.9 Å². The van der Waals surface area contributed by atoms with Crippen molar-refractivity contribution in [1.29, 1.82) is 0 Å². The molecular weight excluding hydrogens is 190 g/mol. The minimum absolute atomic E-state index is 0.131. The molecule has 1 aromatic carbocycles. The maximum Gasteiger partial charge on any atom is 0.134 e. The van der Waals surface area contributed by atoms with E-state index in [0.717, 1.165) is 16.5 Å². The first kappa shape index (κ1) is 10.2. The van der Waals surface area contributed by atoms with Crippen molar-refractivity contribution in [2.45, 2.75) is 19.4 Å². The monoisotopic (exact) mass is 205 g/mol. The first-order valence-corrected chi connectivity index (χ1v) is 4.94. The van der Waals surface area contributed by atoms with Crippen LogP contribution in [0.5, 0.6) is 0 Å². The summed E-state index contributed by atoms with van der Waals surface area (Å²) >= 11 is 0. The van der Waals surface area contributed by atoms with Crippen molar-refractivity contribution < 1.29 is 9.52 Å². The largest absolute Gasteiger partial charge is 0.459 e. The van der Waals surface area contributed by atoms with Crippen LogP contribution in [0.2, 0.25) is 0 Å². The van der Waals surface area contributed by atoms with E-state index in [9.17, 15) is 5.11 Å². The Morgan fingerprint density at radius 3 is 2.67 bits per heavy atom. The molecule has 2 rings (SSSR count). The number of hydrogen-bond acceptors (Lipinski definition) is 3. The van der Waals surface area contributed by atoms with Crippen LogP contribution < -0.4 is 5.73 Å². The third-order valence-electron chi connectivity index (χ3n) is 2.69. The topological polar surface area (TPSA) is 59.4 Å². The lowest BCUT2D eigenvalue weighted by atomic mass is 9.97. The van der Waals surface area contributed by atoms with Crippen molar-refractivity contribution in [1.82, 2.24) is 0 Å². The van der Waals surface area contributed by atoms with Gasteiger partial charge in [0.2, 0.25) is 0 Å². The zero-order valence-corrected chi connectivity index (χ0v) is 8.95. The van der Waals surface area contributed by atoms with Gasteiger partial charge in [0, 0.05) is 10.9 Å². The van der Waals surface area contributed by atoms with Gasteiger partial charge in [0.05, 0.1) is 12.1 Å². The highest BCUT2D eigenvalue weighted by Gasteiger charge is 2.27. The highest BCUT2D eigenvalue weighted by molar-refractivity contribution is 5.82. The molecule has 0 aliphatic heterocycles. The molecule has 0 bridgehead atoms. The molecule has 2 aromatic rings. The molecular formula is C12H15NO2. The molecule has 3 nitrogen and oxygen atoms in total. The number of fused-ring (bicyclic) bond motifs is 1. The number of furan rings is 1. The molecule has 0 saturated heterocycles. The van der Waals surface area contributed by atoms with E-state index in [2.05, 4.69) is 0 Å². The molecule has 80 valence electrons. The van der Waals surface area contributed by atoms with E-state index in [1.54, 1.807) is 6.92 Å². The van der Waals surface area contributed by atoms with Gasteiger partial charge in [-0.15, -0.1) is 0 Å². The molecule has 3 N–H and O–H groups in total. The number of hydrogen-bond donors (Lipinski definition) is 2. The second-order valence-electron chi connectivity index (χ2n) is 4.13. The van der Waals surface area contributed by atoms with Gasteiger partial charge in [0.15, 0.2) is 0 Å². The van der Waals surface area contributed by atoms with E-state index in [4.69, 9.17) is 10.2 Å². The van der Waals surface area contributed by atoms with E-state index in [1.165, 1.54) is 0 Å². The van der Waals surface area contributed by atoms with Crippen molar-refractivity contribution in [2.75, 3.05) is 6.61 Å². The fourth-order valence-corrected chi connectivity index (χ4v) is 1.79. The Balaban J connectivity index is 2.68. The van der Waals surface area contributed by atoms with Crippen molar-refractivity contribution in [2.24, 2.45) is 5.73 Å². The molecule has 1 atom stereocenters. The summed E-state index contributed by atoms with van der Waals surface area (Å²) in [6.07, 6.45) is 0. The quantitative estimate of drug-likeness (QED) is 0.787. The third kappa shape index (κ3) is 1.54. The Hall–Kier alpha value is -1.32. The van der Waals surface area contributed by atoms with Gasteiger partial charge >= 0.3 is 0 Å². The van der Waals surface area contributed by atoms with Gasteiger partial charge in [0.25, 0.3) is 0 Å². The highest BCUT2D eigenvalue weighted by atomic mass is 16.3. The van der Waals surface area contributed by atoms with Crippen LogP contribution in [0.15, 0.2) is 28.7 Å². The molecule has 0 amide bonds. The van der Waals surface area contributed by atoms with Crippen molar-refractivity contribution >= 4 is 11.0 Å². The lowest BCUT2D eigenvalue weighted by Gasteiger charge is -2.19. The average Bonchev–Trinajstić information content (AvgIpc) is 2.58. The lowest BCUT2D eigenvalue weighted by molar-refractivity contribution is 0.189. The van der Waals surface area contributed by atoms with E-state index in [1.807, 2.05) is 31.2 Å². The maximum atomic E-state index is 9.21. The lowest BCUT2D eigenvalue weighted by Crippen LogP contribution is -2.37. The standard InChI is InChI=1S/C12H15NO2/c1-8-9-5-3-4-6-10(9)15-11(8)12(2,13)7-14/h3-6,14H,7,13H2,1-2H3. The number of benzene rings is 1. The van der Waals surface area contributed by atoms with Gasteiger partial charge in [-0.1, -0.05) is 18.2 Å². The summed E-state index contributed by atoms with van der Waals surface area (Å²) < 4.78 is 5.67. The molecule has 1 aromatic heterocycles. The smallest absolute Gasteiger partial charge is 0.134 e. The van der Waals surface area contributed by atoms with E-state index in [0.29, 0.717) is 5.76 Å². The SMILES string of the molecule is Cc1c(C(C)(N)CO)oc2ccccc12. The van der Waals surface area contributed by atoms with Crippen LogP contribution in [0.3, 0.4) is 0 Å². The maximum absolute atomic E-state index is 9.21. The fourth-order valence-electron chi connectivity index (χ4n) is 1.79. The van der Waals surface area contributed by atoms with Gasteiger partial charge in [-0.2, -0.15) is 0 Å². The molecule has 15 heavy (non-hydrogen) atoms. The van der Waals surface area contributed by atoms with Gasteiger partial charge in [-0.3, -0.25) is 0 Å². The average molecular weight is 205 g/mol. The number of aryl methyl sites for hydroxylation is 1. The highest BCUT2D eigenvalue weighted by Crippen LogP contribution is 2.30. The Labute approximate surface area is 88.5 Å². The Morgan fingerprint density at radius 2 is 2.07 bits per heavy atom. The second-order valence-corrected chi connectivity index (χ2v) is 4.13. The number of nitrogens with two attached hydrogens (primary N) is 1. The van der Waals surface area contributed by atoms with Crippen LogP contribution in [-0.2, 0) is 5.54 Å². The van der Waals surface area contributed by atoms with Crippen molar-refractivity contribution in [3.8, 4) is 0 Å². The van der Waals surface area contributed by atoms with Crippen LogP contribution in [0.1, 0.15) is 18.2 Å². The minimum atomic E-state index is -0.816. The van der Waals surface area contributed by atoms with Crippen LogP contribution in [0, 0.1) is 6.92 Å². The van der Waals surface area contributed by atoms with Gasteiger partial charge < -0.3 is 15.3 Å². The van der Waals surface area contributed by atoms with Crippen LogP contribution in [-0.4, -0.2) is 11.7 Å². The summed E-state index contributed by atoms with van der Waals surface area (Å²) in [5.74, 6) is 0.659. The molecule has 0 radical (unpaired) electrons. The Bertz CT molecular complexity index is 485. The van der Waals surface area contributed by atoms with Crippen molar-refractivity contribution in [3.05, 3.63) is 35.6 Å². The van der Waals surface area contributed by atoms with E-state index in [-0.39, 0.29) is 6.61 Å². The molecule has 0 aliphatic rings. The zero-order valence-electron chi connectivity index (χ0n) is 8.95. The van der Waals surface area contributed by atoms with Gasteiger partial charge in [0.1, 0.15) is 11.3 Å². The number of rotatable bonds is 2. The van der Waals surface area contributed by atoms with Gasteiger partial charge in [-0.25, -0.2) is 0 Å².